The lowest BCUT2D eigenvalue weighted by Gasteiger charge is -2.29. The molecule has 0 saturated carbocycles. The summed E-state index contributed by atoms with van der Waals surface area (Å²) in [6.45, 7) is 0. The van der Waals surface area contributed by atoms with Gasteiger partial charge in [0.05, 0.1) is 29.4 Å². The van der Waals surface area contributed by atoms with Crippen LogP contribution in [0.2, 0.25) is 5.02 Å². The van der Waals surface area contributed by atoms with Crippen molar-refractivity contribution < 1.29 is 22.7 Å². The van der Waals surface area contributed by atoms with Crippen molar-refractivity contribution in [3.05, 3.63) is 76.5 Å². The highest BCUT2D eigenvalue weighted by molar-refractivity contribution is 7.91. The summed E-state index contributed by atoms with van der Waals surface area (Å²) in [4.78, 5) is 24.6. The van der Waals surface area contributed by atoms with E-state index in [4.69, 9.17) is 16.3 Å². The van der Waals surface area contributed by atoms with Crippen LogP contribution in [0.5, 0.6) is 0 Å². The van der Waals surface area contributed by atoms with Crippen molar-refractivity contribution in [3.63, 3.8) is 0 Å². The first-order chi connectivity index (χ1) is 13.3. The second-order valence-electron chi connectivity index (χ2n) is 6.04. The van der Waals surface area contributed by atoms with Crippen LogP contribution >= 0.6 is 11.6 Å². The number of benzene rings is 2. The van der Waals surface area contributed by atoms with E-state index in [1.807, 2.05) is 0 Å². The number of rotatable bonds is 5. The summed E-state index contributed by atoms with van der Waals surface area (Å²) in [6.07, 6.45) is 0. The van der Waals surface area contributed by atoms with E-state index in [0.717, 1.165) is 0 Å². The maximum atomic E-state index is 12.8. The van der Waals surface area contributed by atoms with Gasteiger partial charge in [0.2, 0.25) is 0 Å². The lowest BCUT2D eigenvalue weighted by Crippen LogP contribution is -2.47. The molecule has 28 heavy (non-hydrogen) atoms. The predicted octanol–water partition coefficient (Wildman–Crippen LogP) is 2.59. The van der Waals surface area contributed by atoms with E-state index in [1.54, 1.807) is 30.3 Å². The van der Waals surface area contributed by atoms with Gasteiger partial charge in [-0.15, -0.1) is 0 Å². The monoisotopic (exact) mass is 420 g/mol. The van der Waals surface area contributed by atoms with Crippen molar-refractivity contribution in [2.24, 2.45) is 0 Å². The van der Waals surface area contributed by atoms with Gasteiger partial charge in [0.15, 0.2) is 9.84 Å². The summed E-state index contributed by atoms with van der Waals surface area (Å²) in [5.41, 5.74) is 0.629. The zero-order valence-corrected chi connectivity index (χ0v) is 16.4. The van der Waals surface area contributed by atoms with Crippen molar-refractivity contribution in [1.29, 1.82) is 0 Å². The number of nitrogens with one attached hydrogen (secondary N) is 2. The zero-order valence-electron chi connectivity index (χ0n) is 14.8. The molecule has 2 amide bonds. The number of amides is 2. The molecule has 0 bridgehead atoms. The van der Waals surface area contributed by atoms with Gasteiger partial charge in [-0.25, -0.2) is 18.0 Å². The van der Waals surface area contributed by atoms with Crippen LogP contribution in [0, 0.1) is 0 Å². The van der Waals surface area contributed by atoms with Crippen LogP contribution in [0.3, 0.4) is 0 Å². The number of sulfone groups is 1. The normalized spacial score (nSPS) is 16.9. The fraction of sp³-hybridized carbons (Fsp3) is 0.158. The van der Waals surface area contributed by atoms with Crippen molar-refractivity contribution in [2.75, 3.05) is 12.9 Å². The largest absolute Gasteiger partial charge is 0.466 e. The molecule has 9 heteroatoms. The van der Waals surface area contributed by atoms with E-state index in [-0.39, 0.29) is 16.2 Å². The molecule has 0 aliphatic carbocycles. The molecule has 146 valence electrons. The van der Waals surface area contributed by atoms with Gasteiger partial charge < -0.3 is 15.4 Å². The fourth-order valence-electron chi connectivity index (χ4n) is 2.89. The van der Waals surface area contributed by atoms with Crippen LogP contribution in [-0.4, -0.2) is 33.3 Å². The van der Waals surface area contributed by atoms with E-state index in [9.17, 15) is 18.0 Å². The lowest BCUT2D eigenvalue weighted by molar-refractivity contribution is -0.136. The van der Waals surface area contributed by atoms with Crippen LogP contribution in [0.15, 0.2) is 70.8 Å². The summed E-state index contributed by atoms with van der Waals surface area (Å²) < 4.78 is 30.5. The Morgan fingerprint density at radius 2 is 1.75 bits per heavy atom. The van der Waals surface area contributed by atoms with Gasteiger partial charge in [0.25, 0.3) is 0 Å². The minimum absolute atomic E-state index is 0.0256. The summed E-state index contributed by atoms with van der Waals surface area (Å²) >= 11 is 5.81. The van der Waals surface area contributed by atoms with Crippen molar-refractivity contribution in [1.82, 2.24) is 10.6 Å². The van der Waals surface area contributed by atoms with Gasteiger partial charge in [-0.1, -0.05) is 41.9 Å². The molecule has 7 nitrogen and oxygen atoms in total. The average Bonchev–Trinajstić information content (AvgIpc) is 2.67. The van der Waals surface area contributed by atoms with E-state index in [1.165, 1.54) is 31.4 Å². The Bertz CT molecular complexity index is 1030. The molecule has 2 aromatic rings. The number of ether oxygens (including phenoxy) is 1. The maximum Gasteiger partial charge on any atom is 0.338 e. The number of hydrogen-bond acceptors (Lipinski definition) is 5. The maximum absolute atomic E-state index is 12.8. The van der Waals surface area contributed by atoms with Crippen LogP contribution < -0.4 is 10.6 Å². The Kier molecular flexibility index (Phi) is 5.71. The molecular weight excluding hydrogens is 404 g/mol. The minimum Gasteiger partial charge on any atom is -0.466 e. The predicted molar refractivity (Wildman–Crippen MR) is 103 cm³/mol. The molecule has 1 aliphatic rings. The van der Waals surface area contributed by atoms with Gasteiger partial charge in [0, 0.05) is 10.7 Å². The average molecular weight is 421 g/mol. The Hall–Kier alpha value is -2.84. The number of urea groups is 1. The quantitative estimate of drug-likeness (QED) is 0.724. The van der Waals surface area contributed by atoms with E-state index < -0.39 is 33.6 Å². The third kappa shape index (κ3) is 4.18. The molecule has 0 aromatic heterocycles. The van der Waals surface area contributed by atoms with Crippen LogP contribution in [0.25, 0.3) is 0 Å². The SMILES string of the molecule is COC(=O)C1=C(CS(=O)(=O)c2ccc(Cl)cc2)NC(=O)N[C@@H]1c1ccccc1. The van der Waals surface area contributed by atoms with Crippen molar-refractivity contribution >= 4 is 33.4 Å². The summed E-state index contributed by atoms with van der Waals surface area (Å²) in [7, 11) is -2.65. The first-order valence-corrected chi connectivity index (χ1v) is 10.3. The van der Waals surface area contributed by atoms with Crippen LogP contribution in [0.1, 0.15) is 11.6 Å². The van der Waals surface area contributed by atoms with E-state index in [2.05, 4.69) is 10.6 Å². The Labute approximate surface area is 167 Å². The highest BCUT2D eigenvalue weighted by atomic mass is 35.5. The Morgan fingerprint density at radius 1 is 1.11 bits per heavy atom. The third-order valence-corrected chi connectivity index (χ3v) is 6.11. The topological polar surface area (TPSA) is 102 Å². The molecule has 3 rings (SSSR count). The van der Waals surface area contributed by atoms with Crippen molar-refractivity contribution in [2.45, 2.75) is 10.9 Å². The standard InChI is InChI=1S/C19H17ClN2O5S/c1-27-18(23)16-15(11-28(25,26)14-9-7-13(20)8-10-14)21-19(24)22-17(16)12-5-3-2-4-6-12/h2-10,17H,11H2,1H3,(H2,21,22,24)/t17-/m1/s1. The molecule has 0 unspecified atom stereocenters. The number of esters is 1. The van der Waals surface area contributed by atoms with Gasteiger partial charge in [-0.3, -0.25) is 0 Å². The number of carbonyl (C=O) groups excluding carboxylic acids is 2. The summed E-state index contributed by atoms with van der Waals surface area (Å²) in [5.74, 6) is -1.31. The zero-order chi connectivity index (χ0) is 20.3. The van der Waals surface area contributed by atoms with E-state index >= 15 is 0 Å². The van der Waals surface area contributed by atoms with Gasteiger partial charge in [-0.05, 0) is 29.8 Å². The molecule has 2 N–H and O–H groups in total. The number of carbonyl (C=O) groups is 2. The molecule has 0 saturated heterocycles. The Balaban J connectivity index is 2.08. The molecular formula is C19H17ClN2O5S. The molecule has 1 aliphatic heterocycles. The fourth-order valence-corrected chi connectivity index (χ4v) is 4.34. The number of methoxy groups -OCH3 is 1. The Morgan fingerprint density at radius 3 is 2.36 bits per heavy atom. The highest BCUT2D eigenvalue weighted by Gasteiger charge is 2.35. The molecule has 1 heterocycles. The molecule has 0 spiro atoms. The first kappa shape index (κ1) is 19.9. The van der Waals surface area contributed by atoms with Crippen molar-refractivity contribution in [3.8, 4) is 0 Å². The van der Waals surface area contributed by atoms with Crippen LogP contribution in [-0.2, 0) is 19.4 Å². The second kappa shape index (κ2) is 8.04. The number of halogens is 1. The third-order valence-electron chi connectivity index (χ3n) is 4.20. The number of hydrogen-bond donors (Lipinski definition) is 2. The molecule has 2 aromatic carbocycles. The molecule has 1 atom stereocenters. The van der Waals surface area contributed by atoms with Gasteiger partial charge in [0.1, 0.15) is 0 Å². The molecule has 0 fully saturated rings. The van der Waals surface area contributed by atoms with E-state index in [0.29, 0.717) is 10.6 Å². The summed E-state index contributed by atoms with van der Waals surface area (Å²) in [6, 6.07) is 13.0. The van der Waals surface area contributed by atoms with Gasteiger partial charge >= 0.3 is 12.0 Å². The smallest absolute Gasteiger partial charge is 0.338 e. The summed E-state index contributed by atoms with van der Waals surface area (Å²) in [5, 5.41) is 5.48. The first-order valence-electron chi connectivity index (χ1n) is 8.24. The second-order valence-corrected chi connectivity index (χ2v) is 8.46. The minimum atomic E-state index is -3.85. The van der Waals surface area contributed by atoms with Crippen LogP contribution in [0.4, 0.5) is 4.79 Å². The lowest BCUT2D eigenvalue weighted by atomic mass is 9.96. The highest BCUT2D eigenvalue weighted by Crippen LogP contribution is 2.29. The van der Waals surface area contributed by atoms with Gasteiger partial charge in [-0.2, -0.15) is 0 Å². The molecule has 0 radical (unpaired) electrons.